The first kappa shape index (κ1) is 11.9. The Morgan fingerprint density at radius 2 is 2.25 bits per heavy atom. The predicted molar refractivity (Wildman–Crippen MR) is 62.2 cm³/mol. The summed E-state index contributed by atoms with van der Waals surface area (Å²) in [5, 5.41) is 6.37. The van der Waals surface area contributed by atoms with Crippen LogP contribution in [0.15, 0.2) is 0 Å². The van der Waals surface area contributed by atoms with Crippen molar-refractivity contribution in [1.82, 2.24) is 10.6 Å². The minimum atomic E-state index is -0.315. The fraction of sp³-hybridized carbons (Fsp3) is 0.917. The lowest BCUT2D eigenvalue weighted by Gasteiger charge is -2.24. The Kier molecular flexibility index (Phi) is 4.18. The van der Waals surface area contributed by atoms with Gasteiger partial charge in [0.25, 0.3) is 0 Å². The molecule has 1 aliphatic heterocycles. The average Bonchev–Trinajstić information content (AvgIpc) is 3.11. The molecule has 0 aromatic carbocycles. The van der Waals surface area contributed by atoms with Crippen LogP contribution in [-0.4, -0.2) is 37.2 Å². The van der Waals surface area contributed by atoms with Gasteiger partial charge in [0, 0.05) is 12.1 Å². The van der Waals surface area contributed by atoms with Gasteiger partial charge in [-0.15, -0.1) is 0 Å². The molecule has 2 atom stereocenters. The predicted octanol–water partition coefficient (Wildman–Crippen LogP) is 0.812. The van der Waals surface area contributed by atoms with Gasteiger partial charge in [0.2, 0.25) is 5.91 Å². The summed E-state index contributed by atoms with van der Waals surface area (Å²) >= 11 is 0. The first-order valence-electron chi connectivity index (χ1n) is 6.41. The Morgan fingerprint density at radius 1 is 1.44 bits per heavy atom. The van der Waals surface area contributed by atoms with Crippen molar-refractivity contribution in [2.24, 2.45) is 0 Å². The van der Waals surface area contributed by atoms with Gasteiger partial charge in [-0.25, -0.2) is 0 Å². The van der Waals surface area contributed by atoms with Crippen LogP contribution in [-0.2, 0) is 9.53 Å². The van der Waals surface area contributed by atoms with Crippen LogP contribution in [0, 0.1) is 0 Å². The molecule has 0 bridgehead atoms. The number of carbonyl (C=O) groups excluding carboxylic acids is 1. The zero-order valence-corrected chi connectivity index (χ0v) is 10.00. The van der Waals surface area contributed by atoms with Crippen molar-refractivity contribution in [3.63, 3.8) is 0 Å². The molecule has 0 aromatic rings. The number of amides is 1. The molecule has 2 aliphatic rings. The maximum absolute atomic E-state index is 11.6. The van der Waals surface area contributed by atoms with Gasteiger partial charge in [0.05, 0.1) is 6.61 Å². The highest BCUT2D eigenvalue weighted by Gasteiger charge is 2.26. The molecule has 0 aromatic heterocycles. The highest BCUT2D eigenvalue weighted by atomic mass is 16.5. The summed E-state index contributed by atoms with van der Waals surface area (Å²) in [6, 6.07) is 0.858. The maximum Gasteiger partial charge on any atom is 0.249 e. The van der Waals surface area contributed by atoms with E-state index < -0.39 is 0 Å². The van der Waals surface area contributed by atoms with Crippen molar-refractivity contribution in [3.8, 4) is 0 Å². The number of carbonyl (C=O) groups is 1. The molecule has 1 heterocycles. The van der Waals surface area contributed by atoms with Gasteiger partial charge in [0.15, 0.2) is 0 Å². The SMILES string of the molecule is CC(OCC1CCCCN1)C(=O)NC1CC1. The van der Waals surface area contributed by atoms with Gasteiger partial charge >= 0.3 is 0 Å². The number of rotatable bonds is 5. The Balaban J connectivity index is 1.61. The van der Waals surface area contributed by atoms with E-state index in [0.717, 1.165) is 25.8 Å². The fourth-order valence-electron chi connectivity index (χ4n) is 1.95. The molecular weight excluding hydrogens is 204 g/mol. The minimum Gasteiger partial charge on any atom is -0.367 e. The second kappa shape index (κ2) is 5.64. The molecule has 4 nitrogen and oxygen atoms in total. The van der Waals surface area contributed by atoms with Gasteiger partial charge in [-0.05, 0) is 39.2 Å². The molecule has 1 saturated carbocycles. The molecule has 4 heteroatoms. The first-order valence-corrected chi connectivity index (χ1v) is 6.41. The third kappa shape index (κ3) is 3.76. The second-order valence-corrected chi connectivity index (χ2v) is 4.91. The van der Waals surface area contributed by atoms with Crippen LogP contribution in [0.1, 0.15) is 39.0 Å². The van der Waals surface area contributed by atoms with Crippen molar-refractivity contribution in [1.29, 1.82) is 0 Å². The van der Waals surface area contributed by atoms with Crippen molar-refractivity contribution in [2.45, 2.75) is 57.2 Å². The van der Waals surface area contributed by atoms with Crippen LogP contribution < -0.4 is 10.6 Å². The maximum atomic E-state index is 11.6. The van der Waals surface area contributed by atoms with E-state index in [1.165, 1.54) is 12.8 Å². The monoisotopic (exact) mass is 226 g/mol. The van der Waals surface area contributed by atoms with Crippen LogP contribution in [0.5, 0.6) is 0 Å². The first-order chi connectivity index (χ1) is 7.75. The summed E-state index contributed by atoms with van der Waals surface area (Å²) in [5.41, 5.74) is 0. The van der Waals surface area contributed by atoms with Gasteiger partial charge in [0.1, 0.15) is 6.10 Å². The van der Waals surface area contributed by atoms with E-state index in [1.807, 2.05) is 6.92 Å². The molecule has 1 saturated heterocycles. The zero-order valence-electron chi connectivity index (χ0n) is 10.00. The van der Waals surface area contributed by atoms with E-state index in [-0.39, 0.29) is 12.0 Å². The largest absolute Gasteiger partial charge is 0.367 e. The summed E-state index contributed by atoms with van der Waals surface area (Å²) in [5.74, 6) is 0.0401. The molecule has 2 N–H and O–H groups in total. The van der Waals surface area contributed by atoms with Crippen molar-refractivity contribution in [3.05, 3.63) is 0 Å². The lowest BCUT2D eigenvalue weighted by molar-refractivity contribution is -0.132. The van der Waals surface area contributed by atoms with E-state index in [0.29, 0.717) is 18.7 Å². The van der Waals surface area contributed by atoms with Crippen LogP contribution in [0.2, 0.25) is 0 Å². The number of piperidine rings is 1. The third-order valence-corrected chi connectivity index (χ3v) is 3.25. The minimum absolute atomic E-state index is 0.0401. The number of nitrogens with one attached hydrogen (secondary N) is 2. The number of hydrogen-bond acceptors (Lipinski definition) is 3. The normalized spacial score (nSPS) is 27.4. The highest BCUT2D eigenvalue weighted by Crippen LogP contribution is 2.18. The highest BCUT2D eigenvalue weighted by molar-refractivity contribution is 5.80. The number of ether oxygens (including phenoxy) is 1. The third-order valence-electron chi connectivity index (χ3n) is 3.25. The molecule has 16 heavy (non-hydrogen) atoms. The smallest absolute Gasteiger partial charge is 0.249 e. The van der Waals surface area contributed by atoms with E-state index in [4.69, 9.17) is 4.74 Å². The van der Waals surface area contributed by atoms with Gasteiger partial charge < -0.3 is 15.4 Å². The van der Waals surface area contributed by atoms with E-state index in [2.05, 4.69) is 10.6 Å². The molecule has 1 aliphatic carbocycles. The van der Waals surface area contributed by atoms with Gasteiger partial charge in [-0.3, -0.25) is 4.79 Å². The Labute approximate surface area is 97.1 Å². The standard InChI is InChI=1S/C12H22N2O2/c1-9(12(15)14-10-5-6-10)16-8-11-4-2-3-7-13-11/h9-11,13H,2-8H2,1H3,(H,14,15). The number of hydrogen-bond donors (Lipinski definition) is 2. The quantitative estimate of drug-likeness (QED) is 0.729. The van der Waals surface area contributed by atoms with Crippen LogP contribution in [0.3, 0.4) is 0 Å². The molecule has 92 valence electrons. The summed E-state index contributed by atoms with van der Waals surface area (Å²) in [6.45, 7) is 3.57. The molecule has 2 unspecified atom stereocenters. The average molecular weight is 226 g/mol. The molecule has 0 spiro atoms. The van der Waals surface area contributed by atoms with Gasteiger partial charge in [-0.2, -0.15) is 0 Å². The summed E-state index contributed by atoms with van der Waals surface area (Å²) in [6.07, 6.45) is 5.63. The molecule has 2 rings (SSSR count). The molecule has 1 amide bonds. The topological polar surface area (TPSA) is 50.4 Å². The lowest BCUT2D eigenvalue weighted by Crippen LogP contribution is -2.41. The van der Waals surface area contributed by atoms with Crippen molar-refractivity contribution >= 4 is 5.91 Å². The second-order valence-electron chi connectivity index (χ2n) is 4.91. The Hall–Kier alpha value is -0.610. The van der Waals surface area contributed by atoms with E-state index in [1.54, 1.807) is 0 Å². The van der Waals surface area contributed by atoms with Gasteiger partial charge in [-0.1, -0.05) is 6.42 Å². The Morgan fingerprint density at radius 3 is 2.88 bits per heavy atom. The zero-order chi connectivity index (χ0) is 11.4. The molecule has 2 fully saturated rings. The summed E-state index contributed by atoms with van der Waals surface area (Å²) < 4.78 is 5.60. The van der Waals surface area contributed by atoms with E-state index in [9.17, 15) is 4.79 Å². The van der Waals surface area contributed by atoms with Crippen molar-refractivity contribution < 1.29 is 9.53 Å². The summed E-state index contributed by atoms with van der Waals surface area (Å²) in [4.78, 5) is 11.6. The fourth-order valence-corrected chi connectivity index (χ4v) is 1.95. The van der Waals surface area contributed by atoms with Crippen LogP contribution in [0.25, 0.3) is 0 Å². The Bertz CT molecular complexity index is 235. The molecule has 0 radical (unpaired) electrons. The van der Waals surface area contributed by atoms with Crippen molar-refractivity contribution in [2.75, 3.05) is 13.2 Å². The molecular formula is C12H22N2O2. The van der Waals surface area contributed by atoms with E-state index >= 15 is 0 Å². The summed E-state index contributed by atoms with van der Waals surface area (Å²) in [7, 11) is 0. The van der Waals surface area contributed by atoms with Crippen LogP contribution >= 0.6 is 0 Å². The van der Waals surface area contributed by atoms with Crippen LogP contribution in [0.4, 0.5) is 0 Å². The lowest BCUT2D eigenvalue weighted by atomic mass is 10.1.